The molecule has 66 valence electrons. The molecule has 3 N–H and O–H groups in total. The fraction of sp³-hybridized carbons (Fsp3) is 0.333. The molecular formula is C6H9N3O2S. The molecule has 0 spiro atoms. The van der Waals surface area contributed by atoms with Crippen molar-refractivity contribution in [2.24, 2.45) is 0 Å². The minimum absolute atomic E-state index is 0.257. The van der Waals surface area contributed by atoms with Gasteiger partial charge in [0.2, 0.25) is 0 Å². The van der Waals surface area contributed by atoms with Gasteiger partial charge in [0, 0.05) is 12.4 Å². The molecule has 1 rings (SSSR count). The molecule has 0 aromatic carbocycles. The highest BCUT2D eigenvalue weighted by Crippen LogP contribution is 2.13. The van der Waals surface area contributed by atoms with Crippen LogP contribution in [0.1, 0.15) is 5.69 Å². The second-order valence-corrected chi connectivity index (χ2v) is 2.91. The van der Waals surface area contributed by atoms with E-state index in [0.717, 1.165) is 10.8 Å². The van der Waals surface area contributed by atoms with E-state index >= 15 is 0 Å². The minimum atomic E-state index is -1.03. The normalized spacial score (nSPS) is 9.42. The van der Waals surface area contributed by atoms with Gasteiger partial charge in [0.05, 0.1) is 12.2 Å². The van der Waals surface area contributed by atoms with Crippen LogP contribution in [0.25, 0.3) is 0 Å². The molecule has 0 bridgehead atoms. The predicted molar refractivity (Wildman–Crippen MR) is 46.5 cm³/mol. The van der Waals surface area contributed by atoms with Crippen LogP contribution in [-0.4, -0.2) is 23.2 Å². The smallest absolute Gasteiger partial charge is 0.404 e. The topological polar surface area (TPSA) is 74.2 Å². The molecule has 0 radical (unpaired) electrons. The van der Waals surface area contributed by atoms with Crippen molar-refractivity contribution in [3.05, 3.63) is 11.1 Å². The van der Waals surface area contributed by atoms with E-state index in [0.29, 0.717) is 0 Å². The summed E-state index contributed by atoms with van der Waals surface area (Å²) in [6, 6.07) is 0. The molecular weight excluding hydrogens is 178 g/mol. The van der Waals surface area contributed by atoms with Gasteiger partial charge in [-0.25, -0.2) is 9.78 Å². The van der Waals surface area contributed by atoms with Gasteiger partial charge in [-0.1, -0.05) is 0 Å². The van der Waals surface area contributed by atoms with Crippen LogP contribution in [0.5, 0.6) is 0 Å². The second kappa shape index (κ2) is 3.91. The summed E-state index contributed by atoms with van der Waals surface area (Å²) >= 11 is 1.45. The molecule has 0 fully saturated rings. The third-order valence-electron chi connectivity index (χ3n) is 1.19. The van der Waals surface area contributed by atoms with Crippen molar-refractivity contribution < 1.29 is 9.90 Å². The Labute approximate surface area is 73.4 Å². The zero-order valence-corrected chi connectivity index (χ0v) is 7.31. The summed E-state index contributed by atoms with van der Waals surface area (Å²) < 4.78 is 0. The van der Waals surface area contributed by atoms with Crippen LogP contribution in [0, 0.1) is 0 Å². The third kappa shape index (κ3) is 2.39. The first-order valence-electron chi connectivity index (χ1n) is 3.31. The van der Waals surface area contributed by atoms with Crippen LogP contribution in [-0.2, 0) is 6.54 Å². The fourth-order valence-corrected chi connectivity index (χ4v) is 1.34. The van der Waals surface area contributed by atoms with Gasteiger partial charge in [0.15, 0.2) is 5.13 Å². The Bertz CT molecular complexity index is 274. The lowest BCUT2D eigenvalue weighted by atomic mass is 10.5. The number of nitrogens with one attached hydrogen (secondary N) is 2. The van der Waals surface area contributed by atoms with Crippen LogP contribution >= 0.6 is 11.3 Å². The van der Waals surface area contributed by atoms with Gasteiger partial charge in [-0.05, 0) is 0 Å². The SMILES string of the molecule is CNc1nc(CNC(=O)O)cs1. The molecule has 0 aliphatic heterocycles. The van der Waals surface area contributed by atoms with Crippen LogP contribution < -0.4 is 10.6 Å². The van der Waals surface area contributed by atoms with Gasteiger partial charge in [0.1, 0.15) is 0 Å². The van der Waals surface area contributed by atoms with Crippen molar-refractivity contribution >= 4 is 22.6 Å². The summed E-state index contributed by atoms with van der Waals surface area (Å²) in [6.07, 6.45) is -1.03. The van der Waals surface area contributed by atoms with Crippen molar-refractivity contribution in [1.29, 1.82) is 0 Å². The van der Waals surface area contributed by atoms with E-state index in [1.165, 1.54) is 11.3 Å². The number of nitrogens with zero attached hydrogens (tertiary/aromatic N) is 1. The Balaban J connectivity index is 2.47. The maximum atomic E-state index is 10.1. The Morgan fingerprint density at radius 3 is 3.08 bits per heavy atom. The molecule has 5 nitrogen and oxygen atoms in total. The van der Waals surface area contributed by atoms with Crippen molar-refractivity contribution in [2.75, 3.05) is 12.4 Å². The first-order valence-corrected chi connectivity index (χ1v) is 4.19. The summed E-state index contributed by atoms with van der Waals surface area (Å²) in [5.74, 6) is 0. The molecule has 1 heterocycles. The number of anilines is 1. The number of carbonyl (C=O) groups is 1. The van der Waals surface area contributed by atoms with Crippen LogP contribution in [0.2, 0.25) is 0 Å². The molecule has 1 amide bonds. The molecule has 1 aromatic heterocycles. The summed E-state index contributed by atoms with van der Waals surface area (Å²) in [4.78, 5) is 14.2. The van der Waals surface area contributed by atoms with E-state index < -0.39 is 6.09 Å². The van der Waals surface area contributed by atoms with Gasteiger partial charge in [-0.15, -0.1) is 11.3 Å². The highest BCUT2D eigenvalue weighted by atomic mass is 32.1. The van der Waals surface area contributed by atoms with Crippen molar-refractivity contribution in [1.82, 2.24) is 10.3 Å². The summed E-state index contributed by atoms with van der Waals surface area (Å²) in [5, 5.41) is 16.0. The lowest BCUT2D eigenvalue weighted by Gasteiger charge is -1.94. The molecule has 6 heteroatoms. The number of hydrogen-bond donors (Lipinski definition) is 3. The first-order chi connectivity index (χ1) is 5.72. The fourth-order valence-electron chi connectivity index (χ4n) is 0.669. The van der Waals surface area contributed by atoms with Gasteiger partial charge in [0.25, 0.3) is 0 Å². The van der Waals surface area contributed by atoms with E-state index in [-0.39, 0.29) is 6.54 Å². The van der Waals surface area contributed by atoms with Crippen LogP contribution in [0.4, 0.5) is 9.93 Å². The maximum Gasteiger partial charge on any atom is 0.404 e. The van der Waals surface area contributed by atoms with Gasteiger partial charge < -0.3 is 15.7 Å². The average molecular weight is 187 g/mol. The Morgan fingerprint density at radius 2 is 2.58 bits per heavy atom. The van der Waals surface area contributed by atoms with E-state index in [1.54, 1.807) is 7.05 Å². The zero-order chi connectivity index (χ0) is 8.97. The van der Waals surface area contributed by atoms with Crippen LogP contribution in [0.15, 0.2) is 5.38 Å². The Hall–Kier alpha value is -1.30. The van der Waals surface area contributed by atoms with Gasteiger partial charge in [-0.3, -0.25) is 0 Å². The van der Waals surface area contributed by atoms with Crippen LogP contribution in [0.3, 0.4) is 0 Å². The highest BCUT2D eigenvalue weighted by Gasteiger charge is 2.00. The van der Waals surface area contributed by atoms with E-state index in [9.17, 15) is 4.79 Å². The maximum absolute atomic E-state index is 10.1. The number of amides is 1. The minimum Gasteiger partial charge on any atom is -0.465 e. The van der Waals surface area contributed by atoms with E-state index in [4.69, 9.17) is 5.11 Å². The standard InChI is InChI=1S/C6H9N3O2S/c1-7-5-9-4(3-12-5)2-8-6(10)11/h3,8H,2H2,1H3,(H,7,9)(H,10,11). The van der Waals surface area contributed by atoms with E-state index in [1.807, 2.05) is 5.38 Å². The molecule has 0 saturated heterocycles. The lowest BCUT2D eigenvalue weighted by molar-refractivity contribution is 0.194. The third-order valence-corrected chi connectivity index (χ3v) is 2.09. The number of thiazole rings is 1. The molecule has 0 unspecified atom stereocenters. The highest BCUT2D eigenvalue weighted by molar-refractivity contribution is 7.13. The Morgan fingerprint density at radius 1 is 1.83 bits per heavy atom. The molecule has 0 saturated carbocycles. The molecule has 0 aliphatic rings. The average Bonchev–Trinajstić information content (AvgIpc) is 2.48. The number of hydrogen-bond acceptors (Lipinski definition) is 4. The monoisotopic (exact) mass is 187 g/mol. The predicted octanol–water partition coefficient (Wildman–Crippen LogP) is 0.952. The number of rotatable bonds is 3. The first kappa shape index (κ1) is 8.79. The molecule has 1 aromatic rings. The largest absolute Gasteiger partial charge is 0.465 e. The molecule has 0 aliphatic carbocycles. The summed E-state index contributed by atoms with van der Waals surface area (Å²) in [5.41, 5.74) is 0.728. The van der Waals surface area contributed by atoms with Crippen molar-refractivity contribution in [3.63, 3.8) is 0 Å². The molecule has 12 heavy (non-hydrogen) atoms. The summed E-state index contributed by atoms with van der Waals surface area (Å²) in [7, 11) is 1.77. The van der Waals surface area contributed by atoms with Gasteiger partial charge >= 0.3 is 6.09 Å². The van der Waals surface area contributed by atoms with Crippen molar-refractivity contribution in [3.8, 4) is 0 Å². The zero-order valence-electron chi connectivity index (χ0n) is 6.50. The summed E-state index contributed by atoms with van der Waals surface area (Å²) in [6.45, 7) is 0.257. The number of aromatic nitrogens is 1. The molecule has 0 atom stereocenters. The lowest BCUT2D eigenvalue weighted by Crippen LogP contribution is -2.20. The quantitative estimate of drug-likeness (QED) is 0.658. The number of carboxylic acid groups (broad SMARTS) is 1. The second-order valence-electron chi connectivity index (χ2n) is 2.05. The van der Waals surface area contributed by atoms with Crippen molar-refractivity contribution in [2.45, 2.75) is 6.54 Å². The van der Waals surface area contributed by atoms with E-state index in [2.05, 4.69) is 15.6 Å². The Kier molecular flexibility index (Phi) is 2.87. The van der Waals surface area contributed by atoms with Gasteiger partial charge in [-0.2, -0.15) is 0 Å².